The van der Waals surface area contributed by atoms with E-state index >= 15 is 0 Å². The average molecular weight is 273 g/mol. The summed E-state index contributed by atoms with van der Waals surface area (Å²) in [7, 11) is 0. The lowest BCUT2D eigenvalue weighted by Crippen LogP contribution is -2.32. The van der Waals surface area contributed by atoms with Gasteiger partial charge < -0.3 is 11.1 Å². The van der Waals surface area contributed by atoms with E-state index in [0.717, 1.165) is 4.90 Å². The van der Waals surface area contributed by atoms with E-state index in [9.17, 15) is 4.79 Å². The van der Waals surface area contributed by atoms with Gasteiger partial charge in [0.1, 0.15) is 0 Å². The van der Waals surface area contributed by atoms with Gasteiger partial charge in [0.05, 0.1) is 5.75 Å². The van der Waals surface area contributed by atoms with Crippen molar-refractivity contribution < 1.29 is 4.79 Å². The summed E-state index contributed by atoms with van der Waals surface area (Å²) in [5, 5.41) is 3.55. The van der Waals surface area contributed by atoms with Crippen LogP contribution in [0.2, 0.25) is 5.02 Å². The average Bonchev–Trinajstić information content (AvgIpc) is 2.35. The summed E-state index contributed by atoms with van der Waals surface area (Å²) < 4.78 is 0. The minimum atomic E-state index is 0.0326. The monoisotopic (exact) mass is 272 g/mol. The fourth-order valence-electron chi connectivity index (χ4n) is 1.10. The second-order valence-electron chi connectivity index (χ2n) is 3.89. The highest BCUT2D eigenvalue weighted by Crippen LogP contribution is 2.19. The molecule has 0 aromatic heterocycles. The molecule has 1 unspecified atom stereocenters. The zero-order chi connectivity index (χ0) is 12.7. The number of hydrogen-bond acceptors (Lipinski definition) is 3. The van der Waals surface area contributed by atoms with Gasteiger partial charge in [-0.15, -0.1) is 11.8 Å². The van der Waals surface area contributed by atoms with Crippen LogP contribution in [0.25, 0.3) is 0 Å². The largest absolute Gasteiger partial charge is 0.355 e. The minimum absolute atomic E-state index is 0.0326. The molecule has 0 saturated carbocycles. The first-order valence-corrected chi connectivity index (χ1v) is 6.83. The maximum absolute atomic E-state index is 11.5. The summed E-state index contributed by atoms with van der Waals surface area (Å²) in [6.45, 7) is 3.23. The van der Waals surface area contributed by atoms with Gasteiger partial charge in [0, 0.05) is 16.5 Å². The quantitative estimate of drug-likeness (QED) is 0.780. The Bertz CT molecular complexity index is 356. The molecule has 17 heavy (non-hydrogen) atoms. The second kappa shape index (κ2) is 7.58. The Balaban J connectivity index is 2.26. The van der Waals surface area contributed by atoms with E-state index in [0.29, 0.717) is 29.8 Å². The topological polar surface area (TPSA) is 55.1 Å². The normalized spacial score (nSPS) is 12.2. The van der Waals surface area contributed by atoms with Gasteiger partial charge in [0.25, 0.3) is 0 Å². The van der Waals surface area contributed by atoms with Crippen molar-refractivity contribution >= 4 is 29.3 Å². The summed E-state index contributed by atoms with van der Waals surface area (Å²) in [6, 6.07) is 7.45. The van der Waals surface area contributed by atoms with Gasteiger partial charge in [-0.25, -0.2) is 0 Å². The molecule has 0 fully saturated rings. The number of carbonyl (C=O) groups excluding carboxylic acids is 1. The van der Waals surface area contributed by atoms with Crippen LogP contribution in [-0.2, 0) is 4.79 Å². The zero-order valence-corrected chi connectivity index (χ0v) is 11.4. The molecule has 0 bridgehead atoms. The van der Waals surface area contributed by atoms with Crippen molar-refractivity contribution in [2.75, 3.05) is 18.8 Å². The SMILES string of the molecule is CC(CN)CNC(=O)CSc1ccc(Cl)cc1. The van der Waals surface area contributed by atoms with Crippen molar-refractivity contribution in [1.29, 1.82) is 0 Å². The van der Waals surface area contributed by atoms with E-state index in [1.807, 2.05) is 31.2 Å². The molecule has 0 heterocycles. The summed E-state index contributed by atoms with van der Waals surface area (Å²) in [5.41, 5.74) is 5.47. The number of rotatable bonds is 6. The van der Waals surface area contributed by atoms with Gasteiger partial charge >= 0.3 is 0 Å². The first-order valence-electron chi connectivity index (χ1n) is 5.47. The molecule has 3 N–H and O–H groups in total. The number of thioether (sulfide) groups is 1. The van der Waals surface area contributed by atoms with Crippen LogP contribution in [0.3, 0.4) is 0 Å². The van der Waals surface area contributed by atoms with E-state index in [4.69, 9.17) is 17.3 Å². The van der Waals surface area contributed by atoms with E-state index < -0.39 is 0 Å². The number of nitrogens with two attached hydrogens (primary N) is 1. The van der Waals surface area contributed by atoms with E-state index in [1.54, 1.807) is 0 Å². The molecule has 5 heteroatoms. The van der Waals surface area contributed by atoms with Crippen LogP contribution < -0.4 is 11.1 Å². The summed E-state index contributed by atoms with van der Waals surface area (Å²) >= 11 is 7.27. The number of halogens is 1. The predicted molar refractivity (Wildman–Crippen MR) is 73.4 cm³/mol. The number of carbonyl (C=O) groups is 1. The van der Waals surface area contributed by atoms with Gasteiger partial charge in [-0.1, -0.05) is 18.5 Å². The highest BCUT2D eigenvalue weighted by molar-refractivity contribution is 8.00. The molecule has 94 valence electrons. The first-order chi connectivity index (χ1) is 8.11. The van der Waals surface area contributed by atoms with E-state index in [2.05, 4.69) is 5.32 Å². The molecule has 0 spiro atoms. The molecule has 0 aliphatic rings. The molecule has 3 nitrogen and oxygen atoms in total. The van der Waals surface area contributed by atoms with Crippen molar-refractivity contribution in [2.24, 2.45) is 11.7 Å². The minimum Gasteiger partial charge on any atom is -0.355 e. The lowest BCUT2D eigenvalue weighted by Gasteiger charge is -2.09. The summed E-state index contributed by atoms with van der Waals surface area (Å²) in [6.07, 6.45) is 0. The predicted octanol–water partition coefficient (Wildman–Crippen LogP) is 2.14. The highest BCUT2D eigenvalue weighted by atomic mass is 35.5. The molecule has 0 saturated heterocycles. The summed E-state index contributed by atoms with van der Waals surface area (Å²) in [5.74, 6) is 0.767. The molecule has 1 atom stereocenters. The standard InChI is InChI=1S/C12H17ClN2OS/c1-9(6-14)7-15-12(16)8-17-11-4-2-10(13)3-5-11/h2-5,9H,6-8,14H2,1H3,(H,15,16). The highest BCUT2D eigenvalue weighted by Gasteiger charge is 2.04. The number of nitrogens with one attached hydrogen (secondary N) is 1. The first kappa shape index (κ1) is 14.4. The Morgan fingerprint density at radius 2 is 2.12 bits per heavy atom. The third-order valence-electron chi connectivity index (χ3n) is 2.23. The van der Waals surface area contributed by atoms with Gasteiger partial charge in [-0.05, 0) is 36.7 Å². The summed E-state index contributed by atoms with van der Waals surface area (Å²) in [4.78, 5) is 12.5. The van der Waals surface area contributed by atoms with Crippen LogP contribution in [0.5, 0.6) is 0 Å². The Morgan fingerprint density at radius 1 is 1.47 bits per heavy atom. The molecule has 1 aromatic rings. The Hall–Kier alpha value is -0.710. The fraction of sp³-hybridized carbons (Fsp3) is 0.417. The molecule has 1 amide bonds. The molecule has 1 aromatic carbocycles. The van der Waals surface area contributed by atoms with Crippen molar-refractivity contribution in [3.05, 3.63) is 29.3 Å². The maximum Gasteiger partial charge on any atom is 0.230 e. The number of benzene rings is 1. The molecule has 0 aliphatic carbocycles. The maximum atomic E-state index is 11.5. The van der Waals surface area contributed by atoms with Crippen LogP contribution in [0.15, 0.2) is 29.2 Å². The van der Waals surface area contributed by atoms with Crippen LogP contribution in [0.4, 0.5) is 0 Å². The molecular weight excluding hydrogens is 256 g/mol. The van der Waals surface area contributed by atoms with E-state index in [1.165, 1.54) is 11.8 Å². The molecule has 1 rings (SSSR count). The molecule has 0 aliphatic heterocycles. The lowest BCUT2D eigenvalue weighted by atomic mass is 10.2. The molecule has 0 radical (unpaired) electrons. The lowest BCUT2D eigenvalue weighted by molar-refractivity contribution is -0.118. The smallest absolute Gasteiger partial charge is 0.230 e. The van der Waals surface area contributed by atoms with Crippen molar-refractivity contribution in [3.63, 3.8) is 0 Å². The van der Waals surface area contributed by atoms with E-state index in [-0.39, 0.29) is 5.91 Å². The van der Waals surface area contributed by atoms with Crippen LogP contribution in [0, 0.1) is 5.92 Å². The number of hydrogen-bond donors (Lipinski definition) is 2. The van der Waals surface area contributed by atoms with Crippen LogP contribution in [-0.4, -0.2) is 24.7 Å². The van der Waals surface area contributed by atoms with Gasteiger partial charge in [-0.3, -0.25) is 4.79 Å². The Labute approximate surface area is 111 Å². The van der Waals surface area contributed by atoms with Crippen LogP contribution in [0.1, 0.15) is 6.92 Å². The van der Waals surface area contributed by atoms with Crippen molar-refractivity contribution in [1.82, 2.24) is 5.32 Å². The van der Waals surface area contributed by atoms with Crippen molar-refractivity contribution in [3.8, 4) is 0 Å². The van der Waals surface area contributed by atoms with Gasteiger partial charge in [0.15, 0.2) is 0 Å². The van der Waals surface area contributed by atoms with Gasteiger partial charge in [-0.2, -0.15) is 0 Å². The third-order valence-corrected chi connectivity index (χ3v) is 3.50. The van der Waals surface area contributed by atoms with Crippen molar-refractivity contribution in [2.45, 2.75) is 11.8 Å². The Morgan fingerprint density at radius 3 is 2.71 bits per heavy atom. The van der Waals surface area contributed by atoms with Gasteiger partial charge in [0.2, 0.25) is 5.91 Å². The third kappa shape index (κ3) is 5.96. The Kier molecular flexibility index (Phi) is 6.40. The van der Waals surface area contributed by atoms with Crippen LogP contribution >= 0.6 is 23.4 Å². The second-order valence-corrected chi connectivity index (χ2v) is 5.37. The number of amides is 1. The molecular formula is C12H17ClN2OS. The fourth-order valence-corrected chi connectivity index (χ4v) is 1.96. The zero-order valence-electron chi connectivity index (χ0n) is 9.78.